The van der Waals surface area contributed by atoms with Crippen LogP contribution in [-0.4, -0.2) is 52.3 Å². The molecule has 278 valence electrons. The van der Waals surface area contributed by atoms with Crippen molar-refractivity contribution < 1.29 is 24.5 Å². The first-order valence-corrected chi connectivity index (χ1v) is 19.6. The van der Waals surface area contributed by atoms with E-state index < -0.39 is 27.9 Å². The Balaban J connectivity index is 1.17. The van der Waals surface area contributed by atoms with E-state index in [0.29, 0.717) is 30.7 Å². The highest BCUT2D eigenvalue weighted by Crippen LogP contribution is 2.78. The van der Waals surface area contributed by atoms with E-state index in [-0.39, 0.29) is 41.7 Å². The van der Waals surface area contributed by atoms with Crippen molar-refractivity contribution in [2.45, 2.75) is 90.0 Å². The van der Waals surface area contributed by atoms with Crippen LogP contribution in [0.25, 0.3) is 0 Å². The number of rotatable bonds is 9. The summed E-state index contributed by atoms with van der Waals surface area (Å²) in [6.07, 6.45) is 11.7. The molecule has 0 radical (unpaired) electrons. The molecule has 2 amide bonds. The van der Waals surface area contributed by atoms with Gasteiger partial charge in [0.1, 0.15) is 5.75 Å². The van der Waals surface area contributed by atoms with Crippen LogP contribution in [0.5, 0.6) is 5.75 Å². The molecule has 3 aromatic carbocycles. The molecular weight excluding hydrogens is 661 g/mol. The van der Waals surface area contributed by atoms with Gasteiger partial charge in [-0.2, -0.15) is 0 Å². The van der Waals surface area contributed by atoms with Crippen molar-refractivity contribution in [3.8, 4) is 5.75 Å². The average Bonchev–Trinajstić information content (AvgIpc) is 3.44. The first-order chi connectivity index (χ1) is 25.4. The zero-order chi connectivity index (χ0) is 37.2. The quantitative estimate of drug-likeness (QED) is 0.153. The molecule has 7 nitrogen and oxygen atoms in total. The fourth-order valence-corrected chi connectivity index (χ4v) is 11.9. The number of aliphatic hydroxyl groups excluding tert-OH is 1. The highest BCUT2D eigenvalue weighted by atomic mass is 16.5. The van der Waals surface area contributed by atoms with Gasteiger partial charge in [0.2, 0.25) is 0 Å². The standard InChI is InChI=1S/C46H54N2O5/c1-31(33-13-9-6-10-14-33)47-41(51)48(29-32-11-7-5-8-12-32)30-45(52)24-21-39-43(45,3)23-20-38-42(2)22-19-35(49)27-44(42)25-26-46(38,39)37(28-44)40(50)34-15-17-36(53-4)18-16-34/h5-18,25-26,28,31,35,38-39,49,52H,19-24,27,29-30H2,1-4H3,(H,47,51). The fourth-order valence-electron chi connectivity index (χ4n) is 11.9. The van der Waals surface area contributed by atoms with Crippen LogP contribution in [0.1, 0.15) is 93.2 Å². The second kappa shape index (κ2) is 13.0. The number of carbonyl (C=O) groups excluding carboxylic acids is 2. The Labute approximate surface area is 314 Å². The Kier molecular flexibility index (Phi) is 8.77. The van der Waals surface area contributed by atoms with Crippen molar-refractivity contribution >= 4 is 11.8 Å². The zero-order valence-electron chi connectivity index (χ0n) is 31.6. The van der Waals surface area contributed by atoms with Crippen LogP contribution in [0.3, 0.4) is 0 Å². The maximum Gasteiger partial charge on any atom is 0.318 e. The van der Waals surface area contributed by atoms with Gasteiger partial charge < -0.3 is 25.2 Å². The molecule has 2 bridgehead atoms. The van der Waals surface area contributed by atoms with Crippen LogP contribution >= 0.6 is 0 Å². The molecule has 6 aliphatic carbocycles. The first-order valence-electron chi connectivity index (χ1n) is 19.6. The van der Waals surface area contributed by atoms with Gasteiger partial charge in [-0.25, -0.2) is 4.79 Å². The number of urea groups is 1. The third-order valence-corrected chi connectivity index (χ3v) is 14.9. The smallest absolute Gasteiger partial charge is 0.318 e. The Bertz CT molecular complexity index is 1930. The van der Waals surface area contributed by atoms with Gasteiger partial charge in [-0.3, -0.25) is 4.79 Å². The lowest BCUT2D eigenvalue weighted by molar-refractivity contribution is -0.174. The number of methoxy groups -OCH3 is 1. The molecule has 6 aliphatic rings. The van der Waals surface area contributed by atoms with E-state index in [0.717, 1.165) is 48.8 Å². The summed E-state index contributed by atoms with van der Waals surface area (Å²) < 4.78 is 5.42. The molecule has 0 heterocycles. The molecule has 9 atom stereocenters. The molecule has 3 saturated carbocycles. The molecule has 0 aliphatic heterocycles. The van der Waals surface area contributed by atoms with E-state index in [2.05, 4.69) is 37.4 Å². The summed E-state index contributed by atoms with van der Waals surface area (Å²) in [4.78, 5) is 31.0. The molecule has 9 rings (SSSR count). The minimum absolute atomic E-state index is 0.0168. The van der Waals surface area contributed by atoms with E-state index in [4.69, 9.17) is 4.74 Å². The number of hydrogen-bond donors (Lipinski definition) is 3. The van der Waals surface area contributed by atoms with Crippen LogP contribution < -0.4 is 10.1 Å². The molecule has 3 aromatic rings. The van der Waals surface area contributed by atoms with Gasteiger partial charge in [0.15, 0.2) is 5.78 Å². The maximum atomic E-state index is 14.9. The van der Waals surface area contributed by atoms with Gasteiger partial charge in [0, 0.05) is 33.9 Å². The molecule has 53 heavy (non-hydrogen) atoms. The van der Waals surface area contributed by atoms with Gasteiger partial charge in [-0.05, 0) is 105 Å². The highest BCUT2D eigenvalue weighted by Gasteiger charge is 2.74. The van der Waals surface area contributed by atoms with Crippen LogP contribution in [0.15, 0.2) is 109 Å². The number of benzene rings is 3. The second-order valence-corrected chi connectivity index (χ2v) is 17.3. The lowest BCUT2D eigenvalue weighted by atomic mass is 9.32. The van der Waals surface area contributed by atoms with E-state index in [1.165, 1.54) is 0 Å². The SMILES string of the molecule is COc1ccc(C(=O)C2=CC34C=CC25C(CCC2(C)C5CCC2(O)CN(Cc2ccccc2)C(=O)NC(C)c2ccccc2)C3(C)CCC(O)C4)cc1. The van der Waals surface area contributed by atoms with E-state index in [1.54, 1.807) is 12.0 Å². The predicted octanol–water partition coefficient (Wildman–Crippen LogP) is 8.44. The Hall–Kier alpha value is -4.20. The molecule has 9 unspecified atom stereocenters. The van der Waals surface area contributed by atoms with Crippen molar-refractivity contribution in [2.75, 3.05) is 13.7 Å². The molecule has 3 N–H and O–H groups in total. The normalized spacial score (nSPS) is 35.7. The van der Waals surface area contributed by atoms with Crippen LogP contribution in [0.4, 0.5) is 4.79 Å². The minimum Gasteiger partial charge on any atom is -0.497 e. The average molecular weight is 715 g/mol. The number of ketones is 1. The number of nitrogens with one attached hydrogen (secondary N) is 1. The number of hydrogen-bond acceptors (Lipinski definition) is 5. The minimum atomic E-state index is -1.18. The summed E-state index contributed by atoms with van der Waals surface area (Å²) in [6, 6.07) is 26.9. The fraction of sp³-hybridized carbons (Fsp3) is 0.478. The van der Waals surface area contributed by atoms with Gasteiger partial charge in [0.25, 0.3) is 0 Å². The number of amides is 2. The maximum absolute atomic E-state index is 14.9. The Morgan fingerprint density at radius 3 is 2.21 bits per heavy atom. The van der Waals surface area contributed by atoms with Gasteiger partial charge in [-0.1, -0.05) is 92.7 Å². The molecule has 7 heteroatoms. The molecule has 0 aromatic heterocycles. The summed E-state index contributed by atoms with van der Waals surface area (Å²) in [5.41, 5.74) is 0.593. The summed E-state index contributed by atoms with van der Waals surface area (Å²) in [7, 11) is 1.63. The number of ether oxygens (including phenoxy) is 1. The summed E-state index contributed by atoms with van der Waals surface area (Å²) in [6.45, 7) is 7.18. The summed E-state index contributed by atoms with van der Waals surface area (Å²) in [5, 5.41) is 27.4. The number of Topliss-reactive ketones (excluding diaryl/α,β-unsaturated/α-hetero) is 1. The zero-order valence-corrected chi connectivity index (χ0v) is 31.6. The Morgan fingerprint density at radius 2 is 1.51 bits per heavy atom. The van der Waals surface area contributed by atoms with E-state index in [1.807, 2.05) is 91.9 Å². The molecule has 2 spiro atoms. The predicted molar refractivity (Wildman–Crippen MR) is 206 cm³/mol. The summed E-state index contributed by atoms with van der Waals surface area (Å²) in [5.74, 6) is 0.885. The summed E-state index contributed by atoms with van der Waals surface area (Å²) >= 11 is 0. The molecular formula is C46H54N2O5. The van der Waals surface area contributed by atoms with Gasteiger partial charge in [0.05, 0.1) is 31.4 Å². The van der Waals surface area contributed by atoms with E-state index in [9.17, 15) is 19.8 Å². The van der Waals surface area contributed by atoms with Crippen molar-refractivity contribution in [3.05, 3.63) is 125 Å². The molecule has 0 saturated heterocycles. The van der Waals surface area contributed by atoms with Crippen LogP contribution in [0, 0.1) is 33.5 Å². The topological polar surface area (TPSA) is 99.1 Å². The number of fused-ring (bicyclic) bond motifs is 1. The van der Waals surface area contributed by atoms with E-state index >= 15 is 0 Å². The number of carbonyl (C=O) groups is 2. The largest absolute Gasteiger partial charge is 0.497 e. The van der Waals surface area contributed by atoms with Gasteiger partial charge >= 0.3 is 6.03 Å². The highest BCUT2D eigenvalue weighted by molar-refractivity contribution is 6.10. The monoisotopic (exact) mass is 714 g/mol. The Morgan fingerprint density at radius 1 is 0.868 bits per heavy atom. The number of nitrogens with zero attached hydrogens (tertiary/aromatic N) is 1. The van der Waals surface area contributed by atoms with Crippen molar-refractivity contribution in [1.82, 2.24) is 10.2 Å². The second-order valence-electron chi connectivity index (χ2n) is 17.3. The third kappa shape index (κ3) is 5.44. The van der Waals surface area contributed by atoms with Crippen molar-refractivity contribution in [1.29, 1.82) is 0 Å². The lowest BCUT2D eigenvalue weighted by Gasteiger charge is -2.71. The third-order valence-electron chi connectivity index (χ3n) is 14.9. The van der Waals surface area contributed by atoms with Crippen LogP contribution in [-0.2, 0) is 6.54 Å². The van der Waals surface area contributed by atoms with Gasteiger partial charge in [-0.15, -0.1) is 0 Å². The van der Waals surface area contributed by atoms with Crippen molar-refractivity contribution in [2.24, 2.45) is 33.5 Å². The molecule has 3 fully saturated rings. The lowest BCUT2D eigenvalue weighted by Crippen LogP contribution is -2.67. The first kappa shape index (κ1) is 35.8. The van der Waals surface area contributed by atoms with Crippen molar-refractivity contribution in [3.63, 3.8) is 0 Å². The number of aliphatic hydroxyl groups is 2. The number of allylic oxidation sites excluding steroid dienone is 4. The van der Waals surface area contributed by atoms with Crippen LogP contribution in [0.2, 0.25) is 0 Å².